The maximum absolute atomic E-state index is 12.1. The van der Waals surface area contributed by atoms with Crippen LogP contribution in [0.4, 0.5) is 0 Å². The number of imide groups is 1. The van der Waals surface area contributed by atoms with Crippen molar-refractivity contribution in [1.82, 2.24) is 4.90 Å². The van der Waals surface area contributed by atoms with E-state index >= 15 is 0 Å². The van der Waals surface area contributed by atoms with Gasteiger partial charge < -0.3 is 15.9 Å². The minimum Gasteiger partial charge on any atom is -0.442 e. The normalized spacial score (nSPS) is 19.4. The quantitative estimate of drug-likeness (QED) is 0.577. The predicted molar refractivity (Wildman–Crippen MR) is 86.6 cm³/mol. The number of hydrogen-bond donors (Lipinski definition) is 1. The molecule has 7 nitrogen and oxygen atoms in total. The maximum Gasteiger partial charge on any atom is 0.327 e. The molecule has 8 heteroatoms. The lowest BCUT2D eigenvalue weighted by Gasteiger charge is -2.25. The molecule has 4 N–H and O–H groups in total. The molecule has 0 aromatic heterocycles. The number of ether oxygens (including phenoxy) is 1. The second-order valence-electron chi connectivity index (χ2n) is 5.63. The van der Waals surface area contributed by atoms with E-state index in [0.29, 0.717) is 6.42 Å². The van der Waals surface area contributed by atoms with Crippen LogP contribution >= 0.6 is 12.4 Å². The molecule has 0 aromatic rings. The Morgan fingerprint density at radius 1 is 1.30 bits per heavy atom. The van der Waals surface area contributed by atoms with Gasteiger partial charge in [0.25, 0.3) is 0 Å². The van der Waals surface area contributed by atoms with Gasteiger partial charge in [0, 0.05) is 19.3 Å². The van der Waals surface area contributed by atoms with Crippen molar-refractivity contribution in [2.24, 2.45) is 5.73 Å². The van der Waals surface area contributed by atoms with Gasteiger partial charge in [-0.2, -0.15) is 0 Å². The molecule has 23 heavy (non-hydrogen) atoms. The van der Waals surface area contributed by atoms with E-state index in [1.165, 1.54) is 0 Å². The molecule has 1 atom stereocenters. The van der Waals surface area contributed by atoms with Crippen molar-refractivity contribution in [3.05, 3.63) is 23.8 Å². The van der Waals surface area contributed by atoms with Crippen LogP contribution < -0.4 is 5.73 Å². The minimum atomic E-state index is -1.18. The Labute approximate surface area is 141 Å². The average molecular weight is 347 g/mol. The molecular weight excluding hydrogens is 324 g/mol. The first-order valence-corrected chi connectivity index (χ1v) is 7.05. The molecule has 1 fully saturated rings. The van der Waals surface area contributed by atoms with Gasteiger partial charge in [0.1, 0.15) is 5.54 Å². The largest absolute Gasteiger partial charge is 0.442 e. The summed E-state index contributed by atoms with van der Waals surface area (Å²) >= 11 is 0. The molecule has 0 spiro atoms. The van der Waals surface area contributed by atoms with Gasteiger partial charge >= 0.3 is 5.97 Å². The highest BCUT2D eigenvalue weighted by Crippen LogP contribution is 2.21. The smallest absolute Gasteiger partial charge is 0.327 e. The van der Waals surface area contributed by atoms with Crippen molar-refractivity contribution in [1.29, 1.82) is 0 Å². The molecule has 2 aliphatic rings. The van der Waals surface area contributed by atoms with Crippen molar-refractivity contribution < 1.29 is 24.6 Å². The monoisotopic (exact) mass is 346 g/mol. The summed E-state index contributed by atoms with van der Waals surface area (Å²) in [6.45, 7) is 1.24. The first-order chi connectivity index (χ1) is 9.90. The van der Waals surface area contributed by atoms with Gasteiger partial charge in [0.05, 0.1) is 0 Å². The number of hydrogen-bond acceptors (Lipinski definition) is 5. The first-order valence-electron chi connectivity index (χ1n) is 7.05. The fraction of sp³-hybridized carbons (Fsp3) is 0.533. The second-order valence-corrected chi connectivity index (χ2v) is 5.63. The minimum absolute atomic E-state index is 0. The molecule has 1 heterocycles. The lowest BCUT2D eigenvalue weighted by molar-refractivity contribution is -0.159. The van der Waals surface area contributed by atoms with Crippen LogP contribution in [0, 0.1) is 0 Å². The van der Waals surface area contributed by atoms with Crippen LogP contribution in [-0.2, 0) is 19.1 Å². The van der Waals surface area contributed by atoms with E-state index in [4.69, 9.17) is 10.5 Å². The van der Waals surface area contributed by atoms with Crippen LogP contribution in [0.3, 0.4) is 0 Å². The van der Waals surface area contributed by atoms with E-state index in [-0.39, 0.29) is 49.3 Å². The number of carbonyl (C=O) groups is 3. The molecule has 0 aromatic carbocycles. The number of allylic oxidation sites excluding steroid dienone is 3. The van der Waals surface area contributed by atoms with Gasteiger partial charge in [-0.25, -0.2) is 9.69 Å². The van der Waals surface area contributed by atoms with Crippen LogP contribution in [0.2, 0.25) is 0 Å². The topological polar surface area (TPSA) is 121 Å². The van der Waals surface area contributed by atoms with Gasteiger partial charge in [-0.15, -0.1) is 12.4 Å². The zero-order valence-electron chi connectivity index (χ0n) is 13.0. The summed E-state index contributed by atoms with van der Waals surface area (Å²) in [6, 6.07) is 0. The van der Waals surface area contributed by atoms with Gasteiger partial charge in [-0.1, -0.05) is 18.2 Å². The van der Waals surface area contributed by atoms with Crippen molar-refractivity contribution in [2.75, 3.05) is 6.73 Å². The van der Waals surface area contributed by atoms with Crippen LogP contribution in [0.25, 0.3) is 0 Å². The number of carbonyl (C=O) groups excluding carboxylic acids is 3. The van der Waals surface area contributed by atoms with Crippen LogP contribution in [0.15, 0.2) is 23.8 Å². The Morgan fingerprint density at radius 3 is 2.43 bits per heavy atom. The number of nitrogens with two attached hydrogens (primary N) is 1. The summed E-state index contributed by atoms with van der Waals surface area (Å²) in [5.74, 6) is -1.25. The zero-order chi connectivity index (χ0) is 15.5. The Balaban J connectivity index is 0.00000242. The molecule has 1 aliphatic heterocycles. The van der Waals surface area contributed by atoms with E-state index in [2.05, 4.69) is 0 Å². The van der Waals surface area contributed by atoms with E-state index in [0.717, 1.165) is 23.3 Å². The molecule has 0 bridgehead atoms. The van der Waals surface area contributed by atoms with Gasteiger partial charge in [0.15, 0.2) is 6.73 Å². The Bertz CT molecular complexity index is 512. The summed E-state index contributed by atoms with van der Waals surface area (Å²) < 4.78 is 5.04. The van der Waals surface area contributed by atoms with E-state index in [9.17, 15) is 14.4 Å². The number of nitrogens with zero attached hydrogens (tertiary/aromatic N) is 1. The van der Waals surface area contributed by atoms with E-state index in [1.807, 2.05) is 18.2 Å². The van der Waals surface area contributed by atoms with Crippen LogP contribution in [0.1, 0.15) is 39.0 Å². The average Bonchev–Trinajstić information content (AvgIpc) is 2.76. The third-order valence-electron chi connectivity index (χ3n) is 3.59. The molecule has 1 aliphatic carbocycles. The van der Waals surface area contributed by atoms with Crippen LogP contribution in [-0.4, -0.2) is 40.4 Å². The first kappa shape index (κ1) is 21.3. The summed E-state index contributed by atoms with van der Waals surface area (Å²) in [7, 11) is 0. The highest BCUT2D eigenvalue weighted by Gasteiger charge is 2.34. The highest BCUT2D eigenvalue weighted by atomic mass is 35.5. The maximum atomic E-state index is 12.1. The summed E-state index contributed by atoms with van der Waals surface area (Å²) in [5.41, 5.74) is 5.82. The second kappa shape index (κ2) is 8.81. The SMILES string of the molecule is C[C@](N)(CC1=CCCC=C1)C(=O)OCN1C(=O)CCC1=O.Cl.O. The summed E-state index contributed by atoms with van der Waals surface area (Å²) in [6.07, 6.45) is 8.69. The number of likely N-dealkylation sites (tertiary alicyclic amines) is 1. The van der Waals surface area contributed by atoms with E-state index in [1.54, 1.807) is 6.92 Å². The van der Waals surface area contributed by atoms with Crippen molar-refractivity contribution in [2.45, 2.75) is 44.6 Å². The van der Waals surface area contributed by atoms with Crippen molar-refractivity contribution in [3.8, 4) is 0 Å². The molecule has 2 rings (SSSR count). The Kier molecular flexibility index (Phi) is 8.16. The van der Waals surface area contributed by atoms with Gasteiger partial charge in [-0.05, 0) is 25.3 Å². The molecule has 0 unspecified atom stereocenters. The number of amides is 2. The standard InChI is InChI=1S/C15H20N2O4.ClH.H2O/c1-15(16,9-11-5-3-2-4-6-11)14(20)21-10-17-12(18)7-8-13(17)19;;/h3,5-6H,2,4,7-10,16H2,1H3;1H;1H2/t15-;;/m0../s1. The fourth-order valence-corrected chi connectivity index (χ4v) is 2.35. The number of rotatable bonds is 5. The third kappa shape index (κ3) is 5.46. The lowest BCUT2D eigenvalue weighted by Crippen LogP contribution is -2.48. The summed E-state index contributed by atoms with van der Waals surface area (Å²) in [5, 5.41) is 0. The fourth-order valence-electron chi connectivity index (χ4n) is 2.35. The van der Waals surface area contributed by atoms with Crippen molar-refractivity contribution >= 4 is 30.2 Å². The zero-order valence-corrected chi connectivity index (χ0v) is 13.9. The molecule has 0 saturated carbocycles. The number of halogens is 1. The van der Waals surface area contributed by atoms with Gasteiger partial charge in [0.2, 0.25) is 11.8 Å². The number of esters is 1. The molecule has 130 valence electrons. The summed E-state index contributed by atoms with van der Waals surface area (Å²) in [4.78, 5) is 35.9. The molecular formula is C15H23ClN2O5. The van der Waals surface area contributed by atoms with Gasteiger partial charge in [-0.3, -0.25) is 9.59 Å². The highest BCUT2D eigenvalue weighted by molar-refractivity contribution is 6.01. The Morgan fingerprint density at radius 2 is 1.91 bits per heavy atom. The van der Waals surface area contributed by atoms with Crippen LogP contribution in [0.5, 0.6) is 0 Å². The lowest BCUT2D eigenvalue weighted by atomic mass is 9.91. The van der Waals surface area contributed by atoms with E-state index < -0.39 is 11.5 Å². The predicted octanol–water partition coefficient (Wildman–Crippen LogP) is 0.617. The molecule has 1 saturated heterocycles. The molecule has 2 amide bonds. The van der Waals surface area contributed by atoms with Crippen molar-refractivity contribution in [3.63, 3.8) is 0 Å². The Hall–Kier alpha value is -1.70. The molecule has 0 radical (unpaired) electrons. The third-order valence-corrected chi connectivity index (χ3v) is 3.59.